The fourth-order valence-electron chi connectivity index (χ4n) is 2.85. The van der Waals surface area contributed by atoms with Crippen molar-refractivity contribution in [2.45, 2.75) is 71.9 Å². The Labute approximate surface area is 108 Å². The minimum atomic E-state index is 0.702. The molecule has 17 heavy (non-hydrogen) atoms. The zero-order valence-corrected chi connectivity index (χ0v) is 12.3. The number of likely N-dealkylation sites (tertiary alicyclic amines) is 1. The molecule has 0 radical (unpaired) electrons. The van der Waals surface area contributed by atoms with Crippen molar-refractivity contribution in [3.63, 3.8) is 0 Å². The van der Waals surface area contributed by atoms with Crippen molar-refractivity contribution in [1.82, 2.24) is 10.2 Å². The van der Waals surface area contributed by atoms with Crippen molar-refractivity contribution < 1.29 is 0 Å². The highest BCUT2D eigenvalue weighted by molar-refractivity contribution is 4.78. The first-order chi connectivity index (χ1) is 8.21. The topological polar surface area (TPSA) is 15.3 Å². The van der Waals surface area contributed by atoms with Crippen molar-refractivity contribution in [2.75, 3.05) is 19.6 Å². The van der Waals surface area contributed by atoms with E-state index in [1.165, 1.54) is 45.2 Å². The lowest BCUT2D eigenvalue weighted by molar-refractivity contribution is 0.135. The van der Waals surface area contributed by atoms with Gasteiger partial charge in [-0.15, -0.1) is 0 Å². The summed E-state index contributed by atoms with van der Waals surface area (Å²) < 4.78 is 0. The molecule has 0 amide bonds. The second-order valence-electron chi connectivity index (χ2n) is 5.66. The third kappa shape index (κ3) is 4.97. The molecule has 0 aromatic carbocycles. The molecule has 1 saturated heterocycles. The number of rotatable bonds is 7. The molecule has 1 fully saturated rings. The van der Waals surface area contributed by atoms with Gasteiger partial charge in [-0.1, -0.05) is 27.2 Å². The summed E-state index contributed by atoms with van der Waals surface area (Å²) in [5, 5.41) is 3.70. The molecule has 0 bridgehead atoms. The third-order valence-electron chi connectivity index (χ3n) is 4.54. The predicted octanol–water partition coefficient (Wildman–Crippen LogP) is 3.28. The summed E-state index contributed by atoms with van der Waals surface area (Å²) in [4.78, 5) is 2.67. The van der Waals surface area contributed by atoms with Crippen LogP contribution < -0.4 is 5.32 Å². The molecule has 1 aliphatic rings. The van der Waals surface area contributed by atoms with Gasteiger partial charge < -0.3 is 5.32 Å². The molecule has 0 spiro atoms. The Balaban J connectivity index is 2.22. The van der Waals surface area contributed by atoms with Gasteiger partial charge in [0.2, 0.25) is 0 Å². The standard InChI is InChI=1S/C15H32N2/c1-5-14-8-10-17(11-9-14)13(4)12-16-15(6-2)7-3/h13-16H,5-12H2,1-4H3. The molecule has 1 rings (SSSR count). The van der Waals surface area contributed by atoms with Crippen molar-refractivity contribution >= 4 is 0 Å². The molecular formula is C15H32N2. The number of hydrogen-bond donors (Lipinski definition) is 1. The first kappa shape index (κ1) is 15.0. The average molecular weight is 240 g/mol. The monoisotopic (exact) mass is 240 g/mol. The largest absolute Gasteiger partial charge is 0.312 e. The summed E-state index contributed by atoms with van der Waals surface area (Å²) in [5.74, 6) is 0.991. The van der Waals surface area contributed by atoms with Gasteiger partial charge in [0.1, 0.15) is 0 Å². The Kier molecular flexibility index (Phi) is 7.14. The summed E-state index contributed by atoms with van der Waals surface area (Å²) in [5.41, 5.74) is 0. The van der Waals surface area contributed by atoms with Crippen LogP contribution in [0.25, 0.3) is 0 Å². The van der Waals surface area contributed by atoms with Gasteiger partial charge in [-0.25, -0.2) is 0 Å². The van der Waals surface area contributed by atoms with Gasteiger partial charge in [-0.3, -0.25) is 4.90 Å². The average Bonchev–Trinajstić information content (AvgIpc) is 2.39. The van der Waals surface area contributed by atoms with Gasteiger partial charge in [0.25, 0.3) is 0 Å². The zero-order chi connectivity index (χ0) is 12.7. The second-order valence-corrected chi connectivity index (χ2v) is 5.66. The fraction of sp³-hybridized carbons (Fsp3) is 1.00. The van der Waals surface area contributed by atoms with Crippen molar-refractivity contribution in [1.29, 1.82) is 0 Å². The lowest BCUT2D eigenvalue weighted by Crippen LogP contribution is -2.46. The van der Waals surface area contributed by atoms with E-state index >= 15 is 0 Å². The van der Waals surface area contributed by atoms with Gasteiger partial charge in [-0.05, 0) is 51.6 Å². The molecule has 0 aliphatic carbocycles. The Bertz CT molecular complexity index is 181. The van der Waals surface area contributed by atoms with Gasteiger partial charge in [0, 0.05) is 18.6 Å². The minimum absolute atomic E-state index is 0.702. The van der Waals surface area contributed by atoms with Crippen molar-refractivity contribution in [3.05, 3.63) is 0 Å². The highest BCUT2D eigenvalue weighted by Crippen LogP contribution is 2.21. The highest BCUT2D eigenvalue weighted by Gasteiger charge is 2.21. The van der Waals surface area contributed by atoms with Crippen LogP contribution in [0.2, 0.25) is 0 Å². The Hall–Kier alpha value is -0.0800. The van der Waals surface area contributed by atoms with E-state index in [-0.39, 0.29) is 0 Å². The van der Waals surface area contributed by atoms with E-state index in [1.54, 1.807) is 0 Å². The van der Waals surface area contributed by atoms with E-state index in [4.69, 9.17) is 0 Å². The van der Waals surface area contributed by atoms with Crippen LogP contribution in [0.3, 0.4) is 0 Å². The smallest absolute Gasteiger partial charge is 0.0192 e. The Morgan fingerprint density at radius 2 is 1.71 bits per heavy atom. The van der Waals surface area contributed by atoms with E-state index in [2.05, 4.69) is 37.9 Å². The lowest BCUT2D eigenvalue weighted by Gasteiger charge is -2.36. The summed E-state index contributed by atoms with van der Waals surface area (Å²) >= 11 is 0. The summed E-state index contributed by atoms with van der Waals surface area (Å²) in [6.45, 7) is 13.0. The third-order valence-corrected chi connectivity index (χ3v) is 4.54. The van der Waals surface area contributed by atoms with Crippen LogP contribution >= 0.6 is 0 Å². The SMILES string of the molecule is CCC1CCN(C(C)CNC(CC)CC)CC1. The zero-order valence-electron chi connectivity index (χ0n) is 12.3. The maximum absolute atomic E-state index is 3.70. The summed E-state index contributed by atoms with van der Waals surface area (Å²) in [7, 11) is 0. The van der Waals surface area contributed by atoms with Gasteiger partial charge >= 0.3 is 0 Å². The lowest BCUT2D eigenvalue weighted by atomic mass is 9.93. The van der Waals surface area contributed by atoms with Gasteiger partial charge in [0.05, 0.1) is 0 Å². The first-order valence-electron chi connectivity index (χ1n) is 7.68. The maximum atomic E-state index is 3.70. The van der Waals surface area contributed by atoms with Crippen LogP contribution in [0.15, 0.2) is 0 Å². The Morgan fingerprint density at radius 1 is 1.12 bits per heavy atom. The first-order valence-corrected chi connectivity index (χ1v) is 7.68. The Morgan fingerprint density at radius 3 is 2.18 bits per heavy atom. The van der Waals surface area contributed by atoms with E-state index < -0.39 is 0 Å². The van der Waals surface area contributed by atoms with Gasteiger partial charge in [-0.2, -0.15) is 0 Å². The van der Waals surface area contributed by atoms with E-state index in [0.29, 0.717) is 12.1 Å². The second kappa shape index (κ2) is 8.10. The van der Waals surface area contributed by atoms with Crippen LogP contribution in [0.5, 0.6) is 0 Å². The highest BCUT2D eigenvalue weighted by atomic mass is 15.2. The molecule has 1 atom stereocenters. The van der Waals surface area contributed by atoms with Crippen LogP contribution in [-0.4, -0.2) is 36.6 Å². The number of nitrogens with zero attached hydrogens (tertiary/aromatic N) is 1. The number of piperidine rings is 1. The predicted molar refractivity (Wildman–Crippen MR) is 76.4 cm³/mol. The number of hydrogen-bond acceptors (Lipinski definition) is 2. The molecule has 1 unspecified atom stereocenters. The van der Waals surface area contributed by atoms with E-state index in [1.807, 2.05) is 0 Å². The van der Waals surface area contributed by atoms with E-state index in [9.17, 15) is 0 Å². The molecule has 0 aromatic heterocycles. The quantitative estimate of drug-likeness (QED) is 0.735. The fourth-order valence-corrected chi connectivity index (χ4v) is 2.85. The molecule has 1 heterocycles. The summed E-state index contributed by atoms with van der Waals surface area (Å²) in [6.07, 6.45) is 6.69. The van der Waals surface area contributed by atoms with Crippen LogP contribution in [0.1, 0.15) is 59.8 Å². The van der Waals surface area contributed by atoms with Crippen LogP contribution in [0.4, 0.5) is 0 Å². The maximum Gasteiger partial charge on any atom is 0.0192 e. The minimum Gasteiger partial charge on any atom is -0.312 e. The summed E-state index contributed by atoms with van der Waals surface area (Å²) in [6, 6.07) is 1.42. The van der Waals surface area contributed by atoms with Crippen LogP contribution in [-0.2, 0) is 0 Å². The van der Waals surface area contributed by atoms with Crippen molar-refractivity contribution in [2.24, 2.45) is 5.92 Å². The molecule has 102 valence electrons. The molecular weight excluding hydrogens is 208 g/mol. The molecule has 0 saturated carbocycles. The molecule has 0 aromatic rings. The molecule has 2 nitrogen and oxygen atoms in total. The molecule has 1 N–H and O–H groups in total. The van der Waals surface area contributed by atoms with Crippen molar-refractivity contribution in [3.8, 4) is 0 Å². The van der Waals surface area contributed by atoms with Crippen LogP contribution in [0, 0.1) is 5.92 Å². The normalized spacial score (nSPS) is 21.0. The number of nitrogens with one attached hydrogen (secondary N) is 1. The molecule has 2 heteroatoms. The van der Waals surface area contributed by atoms with E-state index in [0.717, 1.165) is 12.5 Å². The van der Waals surface area contributed by atoms with Gasteiger partial charge in [0.15, 0.2) is 0 Å². The molecule has 1 aliphatic heterocycles.